The highest BCUT2D eigenvalue weighted by molar-refractivity contribution is 8.00. The van der Waals surface area contributed by atoms with Gasteiger partial charge in [-0.3, -0.25) is 0 Å². The van der Waals surface area contributed by atoms with Gasteiger partial charge >= 0.3 is 0 Å². The van der Waals surface area contributed by atoms with Gasteiger partial charge in [0.2, 0.25) is 0 Å². The molecule has 0 spiro atoms. The van der Waals surface area contributed by atoms with Crippen molar-refractivity contribution in [2.24, 2.45) is 0 Å². The molecule has 2 aliphatic rings. The summed E-state index contributed by atoms with van der Waals surface area (Å²) in [5, 5.41) is 80.9. The van der Waals surface area contributed by atoms with Gasteiger partial charge in [0.05, 0.1) is 25.6 Å². The van der Waals surface area contributed by atoms with Crippen molar-refractivity contribution in [2.45, 2.75) is 59.6 Å². The average Bonchev–Trinajstić information content (AvgIpc) is 3.72. The van der Waals surface area contributed by atoms with Gasteiger partial charge < -0.3 is 40.1 Å². The average molecular weight is 617 g/mol. The maximum absolute atomic E-state index is 11.4. The predicted molar refractivity (Wildman–Crippen MR) is 143 cm³/mol. The first-order valence-corrected chi connectivity index (χ1v) is 14.1. The maximum atomic E-state index is 11.4. The van der Waals surface area contributed by atoms with Crippen LogP contribution in [0.4, 0.5) is 0 Å². The molecule has 2 aliphatic heterocycles. The van der Waals surface area contributed by atoms with E-state index in [-0.39, 0.29) is 0 Å². The van der Waals surface area contributed by atoms with E-state index in [0.717, 1.165) is 11.8 Å². The summed E-state index contributed by atoms with van der Waals surface area (Å²) in [4.78, 5) is 15.8. The van der Waals surface area contributed by atoms with E-state index in [1.165, 1.54) is 59.2 Å². The molecular weight excluding hydrogens is 588 g/mol. The van der Waals surface area contributed by atoms with E-state index < -0.39 is 72.8 Å². The number of ether oxygens (including phenoxy) is 2. The van der Waals surface area contributed by atoms with Gasteiger partial charge in [-0.25, -0.2) is 29.3 Å². The van der Waals surface area contributed by atoms with Crippen LogP contribution < -0.4 is 0 Å². The fourth-order valence-electron chi connectivity index (χ4n) is 5.09. The number of hydrogen-bond acceptors (Lipinski definition) is 17. The molecule has 6 N–H and O–H groups in total. The van der Waals surface area contributed by atoms with E-state index in [1.54, 1.807) is 0 Å². The van der Waals surface area contributed by atoms with Crippen molar-refractivity contribution in [1.29, 1.82) is 0 Å². The van der Waals surface area contributed by atoms with Crippen LogP contribution >= 0.6 is 11.8 Å². The topological polar surface area (TPSA) is 253 Å². The van der Waals surface area contributed by atoms with Crippen LogP contribution in [0.15, 0.2) is 49.8 Å². The van der Waals surface area contributed by atoms with Gasteiger partial charge in [-0.1, -0.05) is 22.2 Å². The second-order valence-corrected chi connectivity index (χ2v) is 11.2. The lowest BCUT2D eigenvalue weighted by Crippen LogP contribution is -2.58. The molecule has 6 heterocycles. The summed E-state index contributed by atoms with van der Waals surface area (Å²) in [6.45, 7) is -1.18. The Morgan fingerprint density at radius 2 is 1.02 bits per heavy atom. The van der Waals surface area contributed by atoms with E-state index in [4.69, 9.17) is 9.47 Å². The molecule has 4 aromatic heterocycles. The normalized spacial score (nSPS) is 33.0. The second kappa shape index (κ2) is 12.6. The Morgan fingerprint density at radius 3 is 1.40 bits per heavy atom. The first-order chi connectivity index (χ1) is 20.9. The molecule has 228 valence electrons. The maximum Gasteiger partial charge on any atom is 0.134 e. The van der Waals surface area contributed by atoms with E-state index >= 15 is 0 Å². The highest BCUT2D eigenvalue weighted by atomic mass is 32.2. The Bertz CT molecular complexity index is 1380. The van der Waals surface area contributed by atoms with Crippen LogP contribution in [0.5, 0.6) is 0 Å². The minimum Gasteiger partial charge on any atom is -0.394 e. The van der Waals surface area contributed by atoms with Crippen LogP contribution in [0.2, 0.25) is 0 Å². The van der Waals surface area contributed by atoms with Crippen molar-refractivity contribution >= 4 is 11.8 Å². The Labute approximate surface area is 247 Å². The number of hydrogen-bond donors (Lipinski definition) is 6. The summed E-state index contributed by atoms with van der Waals surface area (Å²) < 4.78 is 14.2. The molecule has 43 heavy (non-hydrogen) atoms. The predicted octanol–water partition coefficient (Wildman–Crippen LogP) is -2.82. The molecule has 19 heteroatoms. The summed E-state index contributed by atoms with van der Waals surface area (Å²) in [5.41, 5.74) is -0.437. The molecule has 2 fully saturated rings. The van der Waals surface area contributed by atoms with Gasteiger partial charge in [0.15, 0.2) is 0 Å². The van der Waals surface area contributed by atoms with E-state index in [0.29, 0.717) is 22.5 Å². The number of aliphatic hydroxyl groups is 6. The van der Waals surface area contributed by atoms with Crippen molar-refractivity contribution in [2.75, 3.05) is 13.2 Å². The minimum absolute atomic E-state index is 0.388. The zero-order valence-electron chi connectivity index (χ0n) is 22.2. The molecule has 6 rings (SSSR count). The summed E-state index contributed by atoms with van der Waals surface area (Å²) in [7, 11) is 0. The molecule has 18 nitrogen and oxygen atoms in total. The number of aliphatic hydroxyl groups excluding tert-OH is 6. The quantitative estimate of drug-likeness (QED) is 0.117. The first kappa shape index (κ1) is 29.5. The van der Waals surface area contributed by atoms with Crippen molar-refractivity contribution < 1.29 is 40.1 Å². The van der Waals surface area contributed by atoms with Crippen LogP contribution in [0.1, 0.15) is 12.1 Å². The molecule has 0 amide bonds. The Morgan fingerprint density at radius 1 is 0.628 bits per heavy atom. The summed E-state index contributed by atoms with van der Waals surface area (Å²) in [6, 6.07) is -2.23. The lowest BCUT2D eigenvalue weighted by Gasteiger charge is -2.46. The first-order valence-electron chi connectivity index (χ1n) is 13.1. The van der Waals surface area contributed by atoms with Crippen LogP contribution in [0.25, 0.3) is 22.5 Å². The molecule has 0 aromatic carbocycles. The lowest BCUT2D eigenvalue weighted by atomic mass is 9.97. The van der Waals surface area contributed by atoms with E-state index in [2.05, 4.69) is 40.6 Å². The Hall–Kier alpha value is -3.53. The number of rotatable bonds is 8. The SMILES string of the molecule is OCC1O[C@@H](S[C@@H]2O[C@H](CO)C(O)C(n3cc(-c4cncnc4)nn3)[C@H]2O)[C@@H](O)C(n2cc(-c3cncnc3)nn2)[C@H]1O. The molecule has 10 atom stereocenters. The van der Waals surface area contributed by atoms with Crippen LogP contribution in [-0.4, -0.2) is 141 Å². The van der Waals surface area contributed by atoms with Crippen LogP contribution in [0, 0.1) is 0 Å². The lowest BCUT2D eigenvalue weighted by molar-refractivity contribution is -0.189. The zero-order valence-corrected chi connectivity index (χ0v) is 23.0. The number of nitrogens with zero attached hydrogens (tertiary/aromatic N) is 10. The molecule has 2 saturated heterocycles. The highest BCUT2D eigenvalue weighted by Crippen LogP contribution is 2.42. The van der Waals surface area contributed by atoms with Gasteiger partial charge in [-0.05, 0) is 0 Å². The Kier molecular flexibility index (Phi) is 8.66. The van der Waals surface area contributed by atoms with Gasteiger partial charge in [-0.2, -0.15) is 0 Å². The summed E-state index contributed by atoms with van der Waals surface area (Å²) in [5.74, 6) is 0. The number of aromatic nitrogens is 10. The molecule has 0 saturated carbocycles. The second-order valence-electron chi connectivity index (χ2n) is 9.95. The fourth-order valence-corrected chi connectivity index (χ4v) is 6.41. The van der Waals surface area contributed by atoms with Crippen molar-refractivity contribution in [3.05, 3.63) is 49.8 Å². The smallest absolute Gasteiger partial charge is 0.134 e. The standard InChI is InChI=1S/C24H28N10O8S/c35-7-15-19(37)17(33-5-13(29-31-33)11-1-25-9-26-2-11)21(39)23(41-15)43-24-22(40)18(20(38)16(8-36)42-24)34-6-14(30-32-34)12-3-27-10-28-4-12/h1-6,9-10,15-24,35-40H,7-8H2/t15-,16?,17?,18?,19?,20+,21-,22+,23+,24+/m1/s1. The van der Waals surface area contributed by atoms with Crippen molar-refractivity contribution in [1.82, 2.24) is 49.9 Å². The highest BCUT2D eigenvalue weighted by Gasteiger charge is 2.51. The van der Waals surface area contributed by atoms with E-state index in [9.17, 15) is 30.6 Å². The largest absolute Gasteiger partial charge is 0.394 e. The van der Waals surface area contributed by atoms with Gasteiger partial charge in [0.25, 0.3) is 0 Å². The van der Waals surface area contributed by atoms with Gasteiger partial charge in [0, 0.05) is 35.9 Å². The molecular formula is C24H28N10O8S. The van der Waals surface area contributed by atoms with Crippen LogP contribution in [-0.2, 0) is 9.47 Å². The number of thioether (sulfide) groups is 1. The van der Waals surface area contributed by atoms with Gasteiger partial charge in [0.1, 0.15) is 83.6 Å². The zero-order chi connectivity index (χ0) is 30.1. The van der Waals surface area contributed by atoms with E-state index in [1.807, 2.05) is 0 Å². The minimum atomic E-state index is -1.44. The molecule has 0 aliphatic carbocycles. The molecule has 4 unspecified atom stereocenters. The molecule has 0 radical (unpaired) electrons. The summed E-state index contributed by atoms with van der Waals surface area (Å²) in [6.07, 6.45) is 3.93. The van der Waals surface area contributed by atoms with Crippen molar-refractivity contribution in [3.8, 4) is 22.5 Å². The third kappa shape index (κ3) is 5.73. The summed E-state index contributed by atoms with van der Waals surface area (Å²) >= 11 is 0.851. The third-order valence-electron chi connectivity index (χ3n) is 7.31. The molecule has 4 aromatic rings. The monoisotopic (exact) mass is 616 g/mol. The molecule has 0 bridgehead atoms. The van der Waals surface area contributed by atoms with Crippen molar-refractivity contribution in [3.63, 3.8) is 0 Å². The third-order valence-corrected chi connectivity index (χ3v) is 8.63. The van der Waals surface area contributed by atoms with Gasteiger partial charge in [-0.15, -0.1) is 10.2 Å². The van der Waals surface area contributed by atoms with Crippen LogP contribution in [0.3, 0.4) is 0 Å². The Balaban J connectivity index is 1.25. The fraction of sp³-hybridized carbons (Fsp3) is 0.500.